The largest absolute Gasteiger partial charge is 0.454 e. The third-order valence-corrected chi connectivity index (χ3v) is 4.11. The number of hydrogen-bond donors (Lipinski definition) is 0. The molecule has 24 heavy (non-hydrogen) atoms. The lowest BCUT2D eigenvalue weighted by Gasteiger charge is -2.24. The van der Waals surface area contributed by atoms with Crippen molar-refractivity contribution in [1.29, 1.82) is 5.26 Å². The second-order valence-electron chi connectivity index (χ2n) is 5.99. The van der Waals surface area contributed by atoms with Crippen LogP contribution in [0.4, 0.5) is 10.2 Å². The van der Waals surface area contributed by atoms with Gasteiger partial charge in [0.15, 0.2) is 23.1 Å². The van der Waals surface area contributed by atoms with Gasteiger partial charge in [-0.2, -0.15) is 10.2 Å². The van der Waals surface area contributed by atoms with Gasteiger partial charge >= 0.3 is 0 Å². The zero-order chi connectivity index (χ0) is 16.5. The average Bonchev–Trinajstić information content (AvgIpc) is 3.29. The van der Waals surface area contributed by atoms with Gasteiger partial charge < -0.3 is 14.4 Å². The summed E-state index contributed by atoms with van der Waals surface area (Å²) >= 11 is 0. The highest BCUT2D eigenvalue weighted by atomic mass is 19.1. The fourth-order valence-corrected chi connectivity index (χ4v) is 2.73. The molecule has 0 bridgehead atoms. The first kappa shape index (κ1) is 14.7. The second-order valence-corrected chi connectivity index (χ2v) is 5.99. The summed E-state index contributed by atoms with van der Waals surface area (Å²) in [6, 6.07) is 7.54. The Balaban J connectivity index is 1.63. The number of hydrogen-bond acceptors (Lipinski definition) is 6. The van der Waals surface area contributed by atoms with E-state index in [9.17, 15) is 4.39 Å². The average molecular weight is 326 g/mol. The molecule has 1 fully saturated rings. The van der Waals surface area contributed by atoms with Crippen molar-refractivity contribution in [3.63, 3.8) is 0 Å². The standard InChI is InChI=1S/C17H15FN4O2/c18-13-7-20-16(6-19)21-17(13)22(8-11-1-2-11)9-12-3-4-14-15(5-12)24-10-23-14/h3-5,7,11H,1-2,8-10H2. The summed E-state index contributed by atoms with van der Waals surface area (Å²) < 4.78 is 24.9. The SMILES string of the molecule is N#Cc1ncc(F)c(N(Cc2ccc3c(c2)OCO3)CC2CC2)n1. The lowest BCUT2D eigenvalue weighted by Crippen LogP contribution is -2.27. The first-order valence-corrected chi connectivity index (χ1v) is 7.79. The van der Waals surface area contributed by atoms with Gasteiger partial charge in [-0.05, 0) is 36.5 Å². The molecule has 0 N–H and O–H groups in total. The highest BCUT2D eigenvalue weighted by molar-refractivity contribution is 5.47. The summed E-state index contributed by atoms with van der Waals surface area (Å²) in [5.74, 6) is 1.57. The van der Waals surface area contributed by atoms with Gasteiger partial charge in [-0.1, -0.05) is 6.07 Å². The van der Waals surface area contributed by atoms with Crippen LogP contribution in [-0.4, -0.2) is 23.3 Å². The number of nitrogens with zero attached hydrogens (tertiary/aromatic N) is 4. The number of nitriles is 1. The van der Waals surface area contributed by atoms with Crippen molar-refractivity contribution in [2.45, 2.75) is 19.4 Å². The maximum atomic E-state index is 14.2. The van der Waals surface area contributed by atoms with Gasteiger partial charge in [-0.25, -0.2) is 9.37 Å². The predicted octanol–water partition coefficient (Wildman–Crippen LogP) is 2.63. The Labute approximate surface area is 138 Å². The van der Waals surface area contributed by atoms with E-state index in [0.29, 0.717) is 30.5 Å². The molecule has 1 aromatic carbocycles. The summed E-state index contributed by atoms with van der Waals surface area (Å²) in [4.78, 5) is 9.61. The zero-order valence-corrected chi connectivity index (χ0v) is 12.9. The fraction of sp³-hybridized carbons (Fsp3) is 0.353. The fourth-order valence-electron chi connectivity index (χ4n) is 2.73. The van der Waals surface area contributed by atoms with E-state index in [4.69, 9.17) is 14.7 Å². The van der Waals surface area contributed by atoms with Crippen LogP contribution in [0.25, 0.3) is 0 Å². The molecule has 6 nitrogen and oxygen atoms in total. The molecule has 1 aliphatic carbocycles. The van der Waals surface area contributed by atoms with E-state index >= 15 is 0 Å². The minimum absolute atomic E-state index is 0.0297. The highest BCUT2D eigenvalue weighted by Crippen LogP contribution is 2.35. The summed E-state index contributed by atoms with van der Waals surface area (Å²) in [5, 5.41) is 8.98. The van der Waals surface area contributed by atoms with Crippen LogP contribution in [0.5, 0.6) is 11.5 Å². The normalized spacial score (nSPS) is 15.2. The van der Waals surface area contributed by atoms with Gasteiger partial charge in [0.2, 0.25) is 12.6 Å². The Morgan fingerprint density at radius 3 is 2.92 bits per heavy atom. The van der Waals surface area contributed by atoms with E-state index in [0.717, 1.165) is 24.6 Å². The van der Waals surface area contributed by atoms with E-state index < -0.39 is 5.82 Å². The number of halogens is 1. The molecule has 0 radical (unpaired) electrons. The molecule has 0 saturated heterocycles. The Hall–Kier alpha value is -2.88. The molecule has 122 valence electrons. The molecular weight excluding hydrogens is 311 g/mol. The molecule has 0 amide bonds. The van der Waals surface area contributed by atoms with Crippen LogP contribution in [0.2, 0.25) is 0 Å². The minimum atomic E-state index is -0.518. The van der Waals surface area contributed by atoms with Gasteiger partial charge in [0.25, 0.3) is 0 Å². The second kappa shape index (κ2) is 5.96. The predicted molar refractivity (Wildman–Crippen MR) is 83.0 cm³/mol. The molecule has 7 heteroatoms. The molecule has 2 heterocycles. The first-order chi connectivity index (χ1) is 11.7. The topological polar surface area (TPSA) is 71.3 Å². The van der Waals surface area contributed by atoms with Crippen LogP contribution in [0.1, 0.15) is 24.2 Å². The van der Waals surface area contributed by atoms with Crippen LogP contribution in [0, 0.1) is 23.1 Å². The van der Waals surface area contributed by atoms with Crippen LogP contribution in [-0.2, 0) is 6.54 Å². The first-order valence-electron chi connectivity index (χ1n) is 7.79. The van der Waals surface area contributed by atoms with E-state index in [1.807, 2.05) is 29.2 Å². The van der Waals surface area contributed by atoms with Crippen molar-refractivity contribution in [3.8, 4) is 17.6 Å². The minimum Gasteiger partial charge on any atom is -0.454 e. The van der Waals surface area contributed by atoms with Crippen LogP contribution in [0.3, 0.4) is 0 Å². The van der Waals surface area contributed by atoms with Crippen molar-refractivity contribution in [3.05, 3.63) is 41.6 Å². The van der Waals surface area contributed by atoms with Crippen molar-refractivity contribution < 1.29 is 13.9 Å². The van der Waals surface area contributed by atoms with Crippen molar-refractivity contribution >= 4 is 5.82 Å². The number of benzene rings is 1. The van der Waals surface area contributed by atoms with E-state index in [2.05, 4.69) is 9.97 Å². The number of aromatic nitrogens is 2. The van der Waals surface area contributed by atoms with Gasteiger partial charge in [0.1, 0.15) is 6.07 Å². The molecule has 1 aliphatic heterocycles. The smallest absolute Gasteiger partial charge is 0.234 e. The molecule has 4 rings (SSSR count). The summed E-state index contributed by atoms with van der Waals surface area (Å²) in [5.41, 5.74) is 0.969. The Kier molecular flexibility index (Phi) is 3.65. The number of ether oxygens (including phenoxy) is 2. The number of rotatable bonds is 5. The van der Waals surface area contributed by atoms with Crippen molar-refractivity contribution in [2.24, 2.45) is 5.92 Å². The van der Waals surface area contributed by atoms with Crippen LogP contribution < -0.4 is 14.4 Å². The lowest BCUT2D eigenvalue weighted by molar-refractivity contribution is 0.174. The van der Waals surface area contributed by atoms with E-state index in [-0.39, 0.29) is 18.4 Å². The van der Waals surface area contributed by atoms with Crippen molar-refractivity contribution in [2.75, 3.05) is 18.2 Å². The lowest BCUT2D eigenvalue weighted by atomic mass is 10.2. The van der Waals surface area contributed by atoms with E-state index in [1.54, 1.807) is 0 Å². The third-order valence-electron chi connectivity index (χ3n) is 4.11. The summed E-state index contributed by atoms with van der Waals surface area (Å²) in [6.45, 7) is 1.40. The van der Waals surface area contributed by atoms with Crippen LogP contribution in [0.15, 0.2) is 24.4 Å². The Morgan fingerprint density at radius 2 is 2.12 bits per heavy atom. The van der Waals surface area contributed by atoms with Gasteiger partial charge in [-0.15, -0.1) is 0 Å². The molecule has 2 aromatic rings. The molecule has 0 spiro atoms. The molecule has 0 atom stereocenters. The summed E-state index contributed by atoms with van der Waals surface area (Å²) in [7, 11) is 0. The monoisotopic (exact) mass is 326 g/mol. The highest BCUT2D eigenvalue weighted by Gasteiger charge is 2.27. The van der Waals surface area contributed by atoms with Crippen LogP contribution >= 0.6 is 0 Å². The number of anilines is 1. The maximum absolute atomic E-state index is 14.2. The third kappa shape index (κ3) is 2.95. The Bertz CT molecular complexity index is 817. The van der Waals surface area contributed by atoms with Gasteiger partial charge in [0.05, 0.1) is 6.20 Å². The van der Waals surface area contributed by atoms with Gasteiger partial charge in [-0.3, -0.25) is 0 Å². The summed E-state index contributed by atoms with van der Waals surface area (Å²) in [6.07, 6.45) is 3.32. The van der Waals surface area contributed by atoms with Crippen molar-refractivity contribution in [1.82, 2.24) is 9.97 Å². The number of fused-ring (bicyclic) bond motifs is 1. The zero-order valence-electron chi connectivity index (χ0n) is 12.9. The molecule has 0 unspecified atom stereocenters. The van der Waals surface area contributed by atoms with E-state index in [1.165, 1.54) is 0 Å². The molecule has 2 aliphatic rings. The quantitative estimate of drug-likeness (QED) is 0.841. The molecule has 1 saturated carbocycles. The molecule has 1 aromatic heterocycles. The molecular formula is C17H15FN4O2. The Morgan fingerprint density at radius 1 is 1.29 bits per heavy atom. The van der Waals surface area contributed by atoms with Gasteiger partial charge in [0, 0.05) is 13.1 Å². The maximum Gasteiger partial charge on any atom is 0.234 e.